The predicted molar refractivity (Wildman–Crippen MR) is 27.2 cm³/mol. The molecule has 0 aliphatic carbocycles. The molecule has 1 aromatic rings. The van der Waals surface area contributed by atoms with Crippen molar-refractivity contribution in [3.8, 4) is 0 Å². The van der Waals surface area contributed by atoms with Crippen LogP contribution in [0, 0.1) is 0 Å². The number of aromatic nitrogens is 4. The summed E-state index contributed by atoms with van der Waals surface area (Å²) in [5.74, 6) is 0. The minimum Gasteiger partial charge on any atom is -0.126 e. The molecule has 0 spiro atoms. The van der Waals surface area contributed by atoms with E-state index in [-0.39, 0.29) is 0 Å². The van der Waals surface area contributed by atoms with Crippen LogP contribution in [0.15, 0.2) is 0 Å². The number of aryl methyl sites for hydroxylation is 2. The van der Waals surface area contributed by atoms with Gasteiger partial charge in [-0.05, 0) is 11.6 Å². The predicted octanol–water partition coefficient (Wildman–Crippen LogP) is -0.707. The number of halogens is 1. The van der Waals surface area contributed by atoms with E-state index in [0.717, 1.165) is 0 Å². The quantitative estimate of drug-likeness (QED) is 0.439. The largest absolute Gasteiger partial charge is 0.352 e. The van der Waals surface area contributed by atoms with E-state index in [1.165, 1.54) is 9.36 Å². The molecule has 4 nitrogen and oxygen atoms in total. The Hall–Kier alpha value is -0.640. The maximum atomic E-state index is 5.59. The second-order valence-corrected chi connectivity index (χ2v) is 1.83. The van der Waals surface area contributed by atoms with Gasteiger partial charge < -0.3 is 0 Å². The average Bonchev–Trinajstić information content (AvgIpc) is 1.98. The highest BCUT2D eigenvalue weighted by Gasteiger charge is 2.08. The minimum absolute atomic E-state index is 0.519. The molecule has 0 saturated heterocycles. The van der Waals surface area contributed by atoms with E-state index in [4.69, 9.17) is 11.6 Å². The van der Waals surface area contributed by atoms with E-state index in [9.17, 15) is 0 Å². The minimum atomic E-state index is 0.519. The van der Waals surface area contributed by atoms with Crippen molar-refractivity contribution in [3.05, 3.63) is 5.28 Å². The zero-order valence-corrected chi connectivity index (χ0v) is 5.42. The van der Waals surface area contributed by atoms with Gasteiger partial charge in [-0.15, -0.1) is 4.68 Å². The zero-order valence-electron chi connectivity index (χ0n) is 4.67. The molecule has 0 atom stereocenters. The smallest absolute Gasteiger partial charge is 0.126 e. The lowest BCUT2D eigenvalue weighted by Gasteiger charge is -1.76. The monoisotopic (exact) mass is 133 g/mol. The van der Waals surface area contributed by atoms with Crippen LogP contribution >= 0.6 is 11.6 Å². The van der Waals surface area contributed by atoms with Gasteiger partial charge in [0.05, 0.1) is 14.1 Å². The third-order valence-corrected chi connectivity index (χ3v) is 1.33. The van der Waals surface area contributed by atoms with E-state index in [0.29, 0.717) is 5.28 Å². The standard InChI is InChI=1S/C3H6ClN4/c1-7-3(4)8(2)6-5-7/h1-2H3/q+1. The summed E-state index contributed by atoms with van der Waals surface area (Å²) in [5.41, 5.74) is 0. The molecule has 0 bridgehead atoms. The first-order valence-electron chi connectivity index (χ1n) is 2.13. The van der Waals surface area contributed by atoms with Crippen LogP contribution in [0.1, 0.15) is 0 Å². The van der Waals surface area contributed by atoms with Gasteiger partial charge in [0.2, 0.25) is 0 Å². The van der Waals surface area contributed by atoms with E-state index >= 15 is 0 Å². The Labute approximate surface area is 51.7 Å². The van der Waals surface area contributed by atoms with Gasteiger partial charge in [-0.25, -0.2) is 0 Å². The van der Waals surface area contributed by atoms with Crippen molar-refractivity contribution >= 4 is 11.6 Å². The topological polar surface area (TPSA) is 34.6 Å². The second-order valence-electron chi connectivity index (χ2n) is 1.50. The summed E-state index contributed by atoms with van der Waals surface area (Å²) >= 11 is 5.59. The first kappa shape index (κ1) is 5.50. The van der Waals surface area contributed by atoms with E-state index in [1.54, 1.807) is 14.1 Å². The number of nitrogens with zero attached hydrogens (tertiary/aromatic N) is 4. The fourth-order valence-electron chi connectivity index (χ4n) is 0.403. The fraction of sp³-hybridized carbons (Fsp3) is 0.667. The Balaban J connectivity index is 3.19. The lowest BCUT2D eigenvalue weighted by Crippen LogP contribution is -2.31. The first-order chi connectivity index (χ1) is 3.72. The maximum Gasteiger partial charge on any atom is 0.352 e. The molecule has 1 heterocycles. The van der Waals surface area contributed by atoms with Crippen LogP contribution in [0.2, 0.25) is 5.28 Å². The number of hydrogen-bond donors (Lipinski definition) is 0. The van der Waals surface area contributed by atoms with Crippen LogP contribution in [-0.4, -0.2) is 15.1 Å². The van der Waals surface area contributed by atoms with Crippen LogP contribution < -0.4 is 4.68 Å². The molecule has 0 aliphatic heterocycles. The molecule has 1 aromatic heterocycles. The lowest BCUT2D eigenvalue weighted by molar-refractivity contribution is -0.729. The number of tetrazole rings is 1. The van der Waals surface area contributed by atoms with Gasteiger partial charge in [-0.1, -0.05) is 4.68 Å². The van der Waals surface area contributed by atoms with E-state index < -0.39 is 0 Å². The van der Waals surface area contributed by atoms with Gasteiger partial charge in [0.1, 0.15) is 5.21 Å². The van der Waals surface area contributed by atoms with Crippen molar-refractivity contribution in [2.45, 2.75) is 0 Å². The molecule has 0 unspecified atom stereocenters. The maximum absolute atomic E-state index is 5.59. The van der Waals surface area contributed by atoms with Crippen molar-refractivity contribution in [2.75, 3.05) is 0 Å². The number of rotatable bonds is 0. The molecular formula is C3H6ClN4+. The summed E-state index contributed by atoms with van der Waals surface area (Å²) < 4.78 is 2.98. The Kier molecular flexibility index (Phi) is 1.17. The van der Waals surface area contributed by atoms with Crippen molar-refractivity contribution in [1.82, 2.24) is 15.1 Å². The SMILES string of the molecule is Cn1nn[n+](C)c1Cl. The van der Waals surface area contributed by atoms with Gasteiger partial charge in [0, 0.05) is 0 Å². The normalized spacial score (nSPS) is 9.88. The molecule has 0 saturated carbocycles. The van der Waals surface area contributed by atoms with Gasteiger partial charge in [-0.2, -0.15) is 0 Å². The molecule has 8 heavy (non-hydrogen) atoms. The van der Waals surface area contributed by atoms with Crippen LogP contribution in [0.5, 0.6) is 0 Å². The number of hydrogen-bond acceptors (Lipinski definition) is 2. The summed E-state index contributed by atoms with van der Waals surface area (Å²) in [7, 11) is 3.46. The summed E-state index contributed by atoms with van der Waals surface area (Å²) in [6.45, 7) is 0. The Morgan fingerprint density at radius 1 is 1.75 bits per heavy atom. The van der Waals surface area contributed by atoms with Crippen molar-refractivity contribution < 1.29 is 4.68 Å². The van der Waals surface area contributed by atoms with Crippen LogP contribution in [0.25, 0.3) is 0 Å². The van der Waals surface area contributed by atoms with Gasteiger partial charge in [0.15, 0.2) is 5.21 Å². The summed E-state index contributed by atoms with van der Waals surface area (Å²) in [5, 5.41) is 7.75. The Morgan fingerprint density at radius 2 is 2.38 bits per heavy atom. The fourth-order valence-corrected chi connectivity index (χ4v) is 0.471. The average molecular weight is 134 g/mol. The first-order valence-corrected chi connectivity index (χ1v) is 2.51. The third kappa shape index (κ3) is 0.667. The van der Waals surface area contributed by atoms with Gasteiger partial charge >= 0.3 is 5.28 Å². The second kappa shape index (κ2) is 1.70. The molecule has 0 N–H and O–H groups in total. The van der Waals surface area contributed by atoms with Crippen molar-refractivity contribution in [3.63, 3.8) is 0 Å². The molecule has 1 rings (SSSR count). The summed E-state index contributed by atoms with van der Waals surface area (Å²) in [6.07, 6.45) is 0. The Bertz CT molecular complexity index is 174. The molecule has 0 radical (unpaired) electrons. The van der Waals surface area contributed by atoms with Crippen molar-refractivity contribution in [2.24, 2.45) is 14.1 Å². The van der Waals surface area contributed by atoms with E-state index in [2.05, 4.69) is 10.4 Å². The highest BCUT2D eigenvalue weighted by Crippen LogP contribution is 1.91. The highest BCUT2D eigenvalue weighted by atomic mass is 35.5. The zero-order chi connectivity index (χ0) is 6.15. The highest BCUT2D eigenvalue weighted by molar-refractivity contribution is 6.27. The molecule has 0 fully saturated rings. The molecular weight excluding hydrogens is 128 g/mol. The summed E-state index contributed by atoms with van der Waals surface area (Å²) in [4.78, 5) is 0. The summed E-state index contributed by atoms with van der Waals surface area (Å²) in [6, 6.07) is 0. The van der Waals surface area contributed by atoms with Crippen LogP contribution in [0.3, 0.4) is 0 Å². The van der Waals surface area contributed by atoms with Crippen molar-refractivity contribution in [1.29, 1.82) is 0 Å². The molecule has 0 amide bonds. The van der Waals surface area contributed by atoms with Gasteiger partial charge in [-0.3, -0.25) is 0 Å². The van der Waals surface area contributed by atoms with Crippen LogP contribution in [0.4, 0.5) is 0 Å². The molecule has 5 heteroatoms. The van der Waals surface area contributed by atoms with E-state index in [1.807, 2.05) is 0 Å². The molecule has 0 aliphatic rings. The Morgan fingerprint density at radius 3 is 2.50 bits per heavy atom. The lowest BCUT2D eigenvalue weighted by atomic mass is 11.1. The molecule has 44 valence electrons. The third-order valence-electron chi connectivity index (χ3n) is 0.842. The van der Waals surface area contributed by atoms with Gasteiger partial charge in [0.25, 0.3) is 0 Å². The van der Waals surface area contributed by atoms with Crippen LogP contribution in [-0.2, 0) is 14.1 Å². The molecule has 0 aromatic carbocycles.